The molecule has 13 heteroatoms. The van der Waals surface area contributed by atoms with Crippen molar-refractivity contribution in [1.29, 1.82) is 0 Å². The molecule has 0 spiro atoms. The van der Waals surface area contributed by atoms with Crippen molar-refractivity contribution < 1.29 is 36.7 Å². The second kappa shape index (κ2) is 8.19. The molecule has 2 aliphatic rings. The molecule has 7 nitrogen and oxygen atoms in total. The van der Waals surface area contributed by atoms with Crippen molar-refractivity contribution in [1.82, 2.24) is 14.5 Å². The van der Waals surface area contributed by atoms with Crippen LogP contribution in [0.25, 0.3) is 32.8 Å². The molecule has 2 aliphatic carbocycles. The third kappa shape index (κ3) is 3.27. The molecule has 0 unspecified atom stereocenters. The number of ketones is 4. The molecule has 0 N–H and O–H groups in total. The van der Waals surface area contributed by atoms with E-state index >= 15 is 0 Å². The van der Waals surface area contributed by atoms with E-state index in [1.54, 1.807) is 11.6 Å². The third-order valence-electron chi connectivity index (χ3n) is 6.71. The van der Waals surface area contributed by atoms with E-state index in [0.717, 1.165) is 22.7 Å². The molecule has 7 rings (SSSR count). The summed E-state index contributed by atoms with van der Waals surface area (Å²) in [7, 11) is 1.68. The standard InChI is InChI=1S/C27H9F4N3O4S2/c1-34-26-24(39-18(32-26)6-12-20(35)8-2-14(28)15(29)3-9(8)21(12)36)25-27(34)33-19(40-25)7-13-22(37)10-4-16(30)17(31)5-11(10)23(13)38/h2-7H,1H3. The molecular weight excluding hydrogens is 570 g/mol. The van der Waals surface area contributed by atoms with Crippen molar-refractivity contribution >= 4 is 78.7 Å². The van der Waals surface area contributed by atoms with Crippen LogP contribution in [0.15, 0.2) is 35.4 Å². The van der Waals surface area contributed by atoms with Crippen LogP contribution in [0.5, 0.6) is 0 Å². The number of carbonyl (C=O) groups excluding carboxylic acids is 4. The van der Waals surface area contributed by atoms with E-state index in [4.69, 9.17) is 0 Å². The van der Waals surface area contributed by atoms with Gasteiger partial charge in [0, 0.05) is 29.3 Å². The minimum atomic E-state index is -1.23. The molecule has 0 atom stereocenters. The highest BCUT2D eigenvalue weighted by Gasteiger charge is 2.36. The number of fused-ring (bicyclic) bond motifs is 5. The molecule has 196 valence electrons. The Hall–Kier alpha value is -4.62. The highest BCUT2D eigenvalue weighted by atomic mass is 32.1. The zero-order valence-corrected chi connectivity index (χ0v) is 21.4. The Morgan fingerprint density at radius 2 is 0.900 bits per heavy atom. The maximum atomic E-state index is 13.6. The Labute approximate surface area is 227 Å². The number of nitrogens with zero attached hydrogens (tertiary/aromatic N) is 3. The van der Waals surface area contributed by atoms with Crippen molar-refractivity contribution in [3.63, 3.8) is 0 Å². The first-order valence-corrected chi connectivity index (χ1v) is 13.0. The molecule has 3 aromatic heterocycles. The fourth-order valence-electron chi connectivity index (χ4n) is 4.77. The first-order valence-electron chi connectivity index (χ1n) is 11.4. The number of halogens is 4. The van der Waals surface area contributed by atoms with Gasteiger partial charge in [-0.1, -0.05) is 0 Å². The lowest BCUT2D eigenvalue weighted by Crippen LogP contribution is -2.00. The number of aromatic nitrogens is 3. The highest BCUT2D eigenvalue weighted by molar-refractivity contribution is 7.27. The minimum Gasteiger partial charge on any atom is -0.312 e. The van der Waals surface area contributed by atoms with E-state index in [1.807, 2.05) is 0 Å². The van der Waals surface area contributed by atoms with E-state index in [0.29, 0.717) is 55.0 Å². The molecule has 0 saturated carbocycles. The van der Waals surface area contributed by atoms with Crippen LogP contribution in [0.4, 0.5) is 17.6 Å². The summed E-state index contributed by atoms with van der Waals surface area (Å²) in [5, 5.41) is 0.587. The Bertz CT molecular complexity index is 1920. The number of hydrogen-bond donors (Lipinski definition) is 0. The van der Waals surface area contributed by atoms with Crippen molar-refractivity contribution in [2.24, 2.45) is 7.05 Å². The molecule has 0 fully saturated rings. The van der Waals surface area contributed by atoms with Gasteiger partial charge in [0.2, 0.25) is 0 Å². The lowest BCUT2D eigenvalue weighted by Gasteiger charge is -1.96. The number of Topliss-reactive ketones (excluding diaryl/α,β-unsaturated/α-hetero) is 4. The quantitative estimate of drug-likeness (QED) is 0.151. The van der Waals surface area contributed by atoms with Crippen LogP contribution in [0, 0.1) is 23.3 Å². The number of hydrogen-bond acceptors (Lipinski definition) is 8. The first kappa shape index (κ1) is 24.4. The van der Waals surface area contributed by atoms with Crippen LogP contribution in [0.3, 0.4) is 0 Å². The second-order valence-electron chi connectivity index (χ2n) is 9.03. The van der Waals surface area contributed by atoms with Crippen molar-refractivity contribution in [3.05, 3.63) is 90.9 Å². The van der Waals surface area contributed by atoms with Crippen LogP contribution in [-0.2, 0) is 7.05 Å². The van der Waals surface area contributed by atoms with Gasteiger partial charge in [0.1, 0.15) is 10.0 Å². The van der Waals surface area contributed by atoms with Crippen LogP contribution in [0.1, 0.15) is 51.4 Å². The van der Waals surface area contributed by atoms with E-state index in [2.05, 4.69) is 9.97 Å². The molecule has 5 aromatic rings. The van der Waals surface area contributed by atoms with Gasteiger partial charge in [0.15, 0.2) is 57.7 Å². The topological polar surface area (TPSA) is 99.0 Å². The van der Waals surface area contributed by atoms with Gasteiger partial charge in [-0.25, -0.2) is 27.5 Å². The summed E-state index contributed by atoms with van der Waals surface area (Å²) < 4.78 is 57.5. The zero-order chi connectivity index (χ0) is 28.2. The van der Waals surface area contributed by atoms with Crippen molar-refractivity contribution in [2.45, 2.75) is 0 Å². The highest BCUT2D eigenvalue weighted by Crippen LogP contribution is 2.39. The predicted octanol–water partition coefficient (Wildman–Crippen LogP) is 5.73. The van der Waals surface area contributed by atoms with Gasteiger partial charge in [-0.3, -0.25) is 19.2 Å². The number of carbonyl (C=O) groups is 4. The summed E-state index contributed by atoms with van der Waals surface area (Å²) in [5.74, 6) is -7.87. The number of rotatable bonds is 2. The summed E-state index contributed by atoms with van der Waals surface area (Å²) in [6.07, 6.45) is 2.54. The van der Waals surface area contributed by atoms with E-state index < -0.39 is 46.4 Å². The molecule has 0 radical (unpaired) electrons. The predicted molar refractivity (Wildman–Crippen MR) is 138 cm³/mol. The molecule has 0 bridgehead atoms. The largest absolute Gasteiger partial charge is 0.312 e. The van der Waals surface area contributed by atoms with Crippen molar-refractivity contribution in [2.75, 3.05) is 0 Å². The number of benzene rings is 2. The normalized spacial score (nSPS) is 14.7. The van der Waals surface area contributed by atoms with Gasteiger partial charge in [-0.05, 0) is 36.4 Å². The summed E-state index contributed by atoms with van der Waals surface area (Å²) in [6, 6.07) is 2.80. The maximum Gasteiger partial charge on any atom is 0.197 e. The van der Waals surface area contributed by atoms with Gasteiger partial charge in [-0.15, -0.1) is 22.7 Å². The fourth-order valence-corrected chi connectivity index (χ4v) is 6.97. The lowest BCUT2D eigenvalue weighted by atomic mass is 10.1. The molecule has 3 heterocycles. The number of aryl methyl sites for hydroxylation is 1. The van der Waals surface area contributed by atoms with E-state index in [9.17, 15) is 36.7 Å². The molecular formula is C27H9F4N3O4S2. The van der Waals surface area contributed by atoms with E-state index in [1.165, 1.54) is 12.2 Å². The van der Waals surface area contributed by atoms with Crippen LogP contribution >= 0.6 is 22.7 Å². The average molecular weight is 580 g/mol. The lowest BCUT2D eigenvalue weighted by molar-refractivity contribution is 0.0975. The van der Waals surface area contributed by atoms with Gasteiger partial charge in [-0.2, -0.15) is 0 Å². The van der Waals surface area contributed by atoms with E-state index in [-0.39, 0.29) is 33.4 Å². The Balaban J connectivity index is 1.27. The van der Waals surface area contributed by atoms with Gasteiger partial charge >= 0.3 is 0 Å². The Morgan fingerprint density at radius 1 is 0.600 bits per heavy atom. The molecule has 0 amide bonds. The molecule has 0 saturated heterocycles. The first-order chi connectivity index (χ1) is 19.0. The smallest absolute Gasteiger partial charge is 0.197 e. The maximum absolute atomic E-state index is 13.6. The minimum absolute atomic E-state index is 0.220. The summed E-state index contributed by atoms with van der Waals surface area (Å²) in [6.45, 7) is 0. The fraction of sp³-hybridized carbons (Fsp3) is 0.0370. The third-order valence-corrected chi connectivity index (χ3v) is 8.85. The van der Waals surface area contributed by atoms with Gasteiger partial charge in [0.05, 0.1) is 20.5 Å². The molecule has 40 heavy (non-hydrogen) atoms. The molecule has 2 aromatic carbocycles. The average Bonchev–Trinajstić information content (AvgIpc) is 3.67. The monoisotopic (exact) mass is 579 g/mol. The van der Waals surface area contributed by atoms with Crippen LogP contribution in [0.2, 0.25) is 0 Å². The second-order valence-corrected chi connectivity index (χ2v) is 11.1. The van der Waals surface area contributed by atoms with Gasteiger partial charge < -0.3 is 4.57 Å². The Kier molecular flexibility index (Phi) is 5.00. The van der Waals surface area contributed by atoms with Gasteiger partial charge in [0.25, 0.3) is 0 Å². The van der Waals surface area contributed by atoms with Crippen LogP contribution in [-0.4, -0.2) is 37.7 Å². The SMILES string of the molecule is Cn1c2nc(C=C3C(=O)c4cc(F)c(F)cc4C3=O)sc2c2sc(C=C3C(=O)c4cc(F)c(F)cc4C3=O)nc21. The number of allylic oxidation sites excluding steroid dienone is 2. The zero-order valence-electron chi connectivity index (χ0n) is 19.8. The number of thiazole rings is 2. The summed E-state index contributed by atoms with van der Waals surface area (Å²) in [4.78, 5) is 59.9. The molecule has 0 aliphatic heterocycles. The summed E-state index contributed by atoms with van der Waals surface area (Å²) >= 11 is 2.29. The summed E-state index contributed by atoms with van der Waals surface area (Å²) in [5.41, 5.74) is -0.437. The van der Waals surface area contributed by atoms with Crippen LogP contribution < -0.4 is 0 Å². The Morgan fingerprint density at radius 3 is 1.20 bits per heavy atom. The van der Waals surface area contributed by atoms with Crippen molar-refractivity contribution in [3.8, 4) is 0 Å².